The van der Waals surface area contributed by atoms with Gasteiger partial charge in [0, 0.05) is 0 Å². The van der Waals surface area contributed by atoms with E-state index in [9.17, 15) is 0 Å². The van der Waals surface area contributed by atoms with Crippen LogP contribution in [0.2, 0.25) is 0 Å². The highest BCUT2D eigenvalue weighted by atomic mass is 16.7. The van der Waals surface area contributed by atoms with E-state index in [1.165, 1.54) is 0 Å². The lowest BCUT2D eigenvalue weighted by atomic mass is 9.88. The van der Waals surface area contributed by atoms with Crippen LogP contribution in [0.15, 0.2) is 121 Å². The second-order valence-electron chi connectivity index (χ2n) is 10.9. The third-order valence-corrected chi connectivity index (χ3v) is 6.99. The van der Waals surface area contributed by atoms with Crippen LogP contribution >= 0.6 is 0 Å². The van der Waals surface area contributed by atoms with Crippen molar-refractivity contribution >= 4 is 0 Å². The van der Waals surface area contributed by atoms with E-state index in [2.05, 4.69) is 93.4 Å². The standard InChI is InChI=1S/C35H41NO3/c1-29(32-21-13-7-14-22-32)39-36(34(2,3)27-37-25-30-17-9-5-10-18-30)35(4,33-23-15-8-16-24-33)28-38-26-31-19-11-6-12-20-31/h5-24,29H,25-28H2,1-4H3. The fourth-order valence-electron chi connectivity index (χ4n) is 4.92. The summed E-state index contributed by atoms with van der Waals surface area (Å²) in [4.78, 5) is 6.90. The molecule has 4 heteroatoms. The first-order chi connectivity index (χ1) is 18.9. The van der Waals surface area contributed by atoms with Crippen molar-refractivity contribution in [3.8, 4) is 0 Å². The topological polar surface area (TPSA) is 30.9 Å². The van der Waals surface area contributed by atoms with E-state index in [0.717, 1.165) is 22.3 Å². The second kappa shape index (κ2) is 13.7. The molecule has 0 fully saturated rings. The van der Waals surface area contributed by atoms with Gasteiger partial charge in [0.1, 0.15) is 6.10 Å². The zero-order chi connectivity index (χ0) is 27.6. The van der Waals surface area contributed by atoms with E-state index in [1.54, 1.807) is 0 Å². The first-order valence-corrected chi connectivity index (χ1v) is 13.7. The van der Waals surface area contributed by atoms with E-state index >= 15 is 0 Å². The number of hydroxylamine groups is 2. The number of rotatable bonds is 14. The van der Waals surface area contributed by atoms with Gasteiger partial charge in [-0.25, -0.2) is 0 Å². The Balaban J connectivity index is 1.63. The molecule has 0 heterocycles. The predicted octanol–water partition coefficient (Wildman–Crippen LogP) is 8.11. The average molecular weight is 524 g/mol. The number of benzene rings is 4. The van der Waals surface area contributed by atoms with Gasteiger partial charge in [-0.3, -0.25) is 4.84 Å². The van der Waals surface area contributed by atoms with E-state index in [0.29, 0.717) is 26.4 Å². The minimum Gasteiger partial charge on any atom is -0.375 e. The maximum Gasteiger partial charge on any atom is 0.102 e. The molecule has 4 nitrogen and oxygen atoms in total. The summed E-state index contributed by atoms with van der Waals surface area (Å²) in [6, 6.07) is 41.4. The van der Waals surface area contributed by atoms with E-state index < -0.39 is 11.1 Å². The molecule has 39 heavy (non-hydrogen) atoms. The summed E-state index contributed by atoms with van der Waals surface area (Å²) in [5, 5.41) is 2.11. The van der Waals surface area contributed by atoms with Crippen LogP contribution in [0.1, 0.15) is 56.1 Å². The SMILES string of the molecule is CC(ON(C(C)(C)COCc1ccccc1)C(C)(COCc1ccccc1)c1ccccc1)c1ccccc1. The monoisotopic (exact) mass is 523 g/mol. The van der Waals surface area contributed by atoms with Crippen molar-refractivity contribution in [2.75, 3.05) is 13.2 Å². The molecule has 204 valence electrons. The molecule has 2 unspecified atom stereocenters. The lowest BCUT2D eigenvalue weighted by Crippen LogP contribution is -2.59. The summed E-state index contributed by atoms with van der Waals surface area (Å²) in [6.45, 7) is 10.6. The van der Waals surface area contributed by atoms with Crippen LogP contribution in [-0.4, -0.2) is 23.8 Å². The molecule has 0 radical (unpaired) electrons. The summed E-state index contributed by atoms with van der Waals surface area (Å²) in [5.41, 5.74) is 3.44. The van der Waals surface area contributed by atoms with Gasteiger partial charge in [0.15, 0.2) is 0 Å². The van der Waals surface area contributed by atoms with Crippen LogP contribution in [0, 0.1) is 0 Å². The maximum absolute atomic E-state index is 6.90. The fourth-order valence-corrected chi connectivity index (χ4v) is 4.92. The quantitative estimate of drug-likeness (QED) is 0.156. The molecular weight excluding hydrogens is 482 g/mol. The molecule has 0 bridgehead atoms. The van der Waals surface area contributed by atoms with Crippen molar-refractivity contribution in [2.45, 2.75) is 58.1 Å². The molecule has 0 aliphatic rings. The summed E-state index contributed by atoms with van der Waals surface area (Å²) in [6.07, 6.45) is -0.170. The van der Waals surface area contributed by atoms with Crippen molar-refractivity contribution in [3.63, 3.8) is 0 Å². The van der Waals surface area contributed by atoms with Crippen LogP contribution in [0.25, 0.3) is 0 Å². The highest BCUT2D eigenvalue weighted by Gasteiger charge is 2.45. The highest BCUT2D eigenvalue weighted by molar-refractivity contribution is 5.25. The van der Waals surface area contributed by atoms with Gasteiger partial charge in [0.05, 0.1) is 37.5 Å². The molecule has 4 aromatic carbocycles. The number of ether oxygens (including phenoxy) is 2. The Labute approximate surface area is 234 Å². The fraction of sp³-hybridized carbons (Fsp3) is 0.314. The molecule has 0 saturated carbocycles. The molecule has 0 amide bonds. The maximum atomic E-state index is 6.90. The lowest BCUT2D eigenvalue weighted by Gasteiger charge is -2.49. The summed E-state index contributed by atoms with van der Waals surface area (Å²) < 4.78 is 12.7. The Hall–Kier alpha value is -3.28. The van der Waals surface area contributed by atoms with Crippen LogP contribution in [0.3, 0.4) is 0 Å². The van der Waals surface area contributed by atoms with Crippen molar-refractivity contribution in [1.82, 2.24) is 5.06 Å². The highest BCUT2D eigenvalue weighted by Crippen LogP contribution is 2.38. The first kappa shape index (κ1) is 28.7. The van der Waals surface area contributed by atoms with Crippen LogP contribution in [0.5, 0.6) is 0 Å². The van der Waals surface area contributed by atoms with Gasteiger partial charge >= 0.3 is 0 Å². The van der Waals surface area contributed by atoms with Crippen LogP contribution < -0.4 is 0 Å². The average Bonchev–Trinajstić information content (AvgIpc) is 2.97. The molecule has 0 spiro atoms. The summed E-state index contributed by atoms with van der Waals surface area (Å²) >= 11 is 0. The first-order valence-electron chi connectivity index (χ1n) is 13.7. The Morgan fingerprint density at radius 2 is 1.03 bits per heavy atom. The van der Waals surface area contributed by atoms with Gasteiger partial charge < -0.3 is 9.47 Å². The molecule has 4 aromatic rings. The van der Waals surface area contributed by atoms with Gasteiger partial charge in [-0.15, -0.1) is 0 Å². The van der Waals surface area contributed by atoms with Crippen molar-refractivity contribution in [1.29, 1.82) is 0 Å². The number of hydrogen-bond donors (Lipinski definition) is 0. The zero-order valence-corrected chi connectivity index (χ0v) is 23.6. The van der Waals surface area contributed by atoms with E-state index in [-0.39, 0.29) is 6.10 Å². The Morgan fingerprint density at radius 3 is 1.54 bits per heavy atom. The summed E-state index contributed by atoms with van der Waals surface area (Å²) in [5.74, 6) is 0. The second-order valence-corrected chi connectivity index (χ2v) is 10.9. The molecule has 0 aliphatic heterocycles. The minimum absolute atomic E-state index is 0.170. The van der Waals surface area contributed by atoms with Gasteiger partial charge in [-0.05, 0) is 49.9 Å². The lowest BCUT2D eigenvalue weighted by molar-refractivity contribution is -0.314. The van der Waals surface area contributed by atoms with Crippen molar-refractivity contribution < 1.29 is 14.3 Å². The van der Waals surface area contributed by atoms with Gasteiger partial charge in [0.2, 0.25) is 0 Å². The van der Waals surface area contributed by atoms with Gasteiger partial charge in [-0.1, -0.05) is 121 Å². The minimum atomic E-state index is -0.599. The molecule has 0 aliphatic carbocycles. The largest absolute Gasteiger partial charge is 0.375 e. The number of hydrogen-bond acceptors (Lipinski definition) is 4. The molecule has 0 N–H and O–H groups in total. The van der Waals surface area contributed by atoms with E-state index in [4.69, 9.17) is 14.3 Å². The van der Waals surface area contributed by atoms with Crippen LogP contribution in [-0.2, 0) is 33.1 Å². The van der Waals surface area contributed by atoms with Crippen molar-refractivity contribution in [2.24, 2.45) is 0 Å². The normalized spacial score (nSPS) is 14.2. The van der Waals surface area contributed by atoms with Crippen LogP contribution in [0.4, 0.5) is 0 Å². The predicted molar refractivity (Wildman–Crippen MR) is 158 cm³/mol. The Kier molecular flexibility index (Phi) is 10.1. The van der Waals surface area contributed by atoms with Crippen molar-refractivity contribution in [3.05, 3.63) is 144 Å². The van der Waals surface area contributed by atoms with E-state index in [1.807, 2.05) is 60.7 Å². The Bertz CT molecular complexity index is 1230. The molecule has 0 saturated heterocycles. The third kappa shape index (κ3) is 7.87. The third-order valence-electron chi connectivity index (χ3n) is 6.99. The Morgan fingerprint density at radius 1 is 0.590 bits per heavy atom. The molecular formula is C35H41NO3. The zero-order valence-electron chi connectivity index (χ0n) is 23.6. The van der Waals surface area contributed by atoms with Gasteiger partial charge in [0.25, 0.3) is 0 Å². The smallest absolute Gasteiger partial charge is 0.102 e. The number of nitrogens with zero attached hydrogens (tertiary/aromatic N) is 1. The molecule has 0 aromatic heterocycles. The molecule has 4 rings (SSSR count). The summed E-state index contributed by atoms with van der Waals surface area (Å²) in [7, 11) is 0. The van der Waals surface area contributed by atoms with Gasteiger partial charge in [-0.2, -0.15) is 5.06 Å². The molecule has 2 atom stereocenters.